The second-order valence-corrected chi connectivity index (χ2v) is 5.75. The lowest BCUT2D eigenvalue weighted by atomic mass is 9.96. The van der Waals surface area contributed by atoms with E-state index in [9.17, 15) is 0 Å². The molecule has 0 aromatic heterocycles. The summed E-state index contributed by atoms with van der Waals surface area (Å²) >= 11 is 0. The highest BCUT2D eigenvalue weighted by Crippen LogP contribution is 2.20. The van der Waals surface area contributed by atoms with Gasteiger partial charge in [-0.05, 0) is 57.6 Å². The van der Waals surface area contributed by atoms with Crippen molar-refractivity contribution in [3.05, 3.63) is 35.4 Å². The van der Waals surface area contributed by atoms with Crippen LogP contribution in [0.25, 0.3) is 0 Å². The Hall–Kier alpha value is -1.37. The number of rotatable bonds is 4. The zero-order valence-electron chi connectivity index (χ0n) is 12.0. The van der Waals surface area contributed by atoms with Gasteiger partial charge in [0.25, 0.3) is 0 Å². The monoisotopic (exact) mass is 257 g/mol. The van der Waals surface area contributed by atoms with E-state index in [4.69, 9.17) is 5.26 Å². The van der Waals surface area contributed by atoms with E-state index in [0.29, 0.717) is 0 Å². The molecule has 0 bridgehead atoms. The van der Waals surface area contributed by atoms with E-state index in [1.165, 1.54) is 19.4 Å². The Morgan fingerprint density at radius 2 is 1.95 bits per heavy atom. The van der Waals surface area contributed by atoms with Crippen molar-refractivity contribution in [2.24, 2.45) is 5.92 Å². The number of nitrogens with zero attached hydrogens (tertiary/aromatic N) is 3. The fourth-order valence-corrected chi connectivity index (χ4v) is 2.85. The molecule has 0 N–H and O–H groups in total. The molecule has 0 spiro atoms. The van der Waals surface area contributed by atoms with E-state index in [0.717, 1.165) is 36.7 Å². The highest BCUT2D eigenvalue weighted by molar-refractivity contribution is 5.37. The van der Waals surface area contributed by atoms with Crippen LogP contribution in [-0.2, 0) is 6.54 Å². The molecule has 1 heterocycles. The SMILES string of the molecule is CN(C)CC1CCN(Cc2ccccc2C#N)CC1. The molecular weight excluding hydrogens is 234 g/mol. The van der Waals surface area contributed by atoms with Crippen LogP contribution in [-0.4, -0.2) is 43.5 Å². The van der Waals surface area contributed by atoms with Gasteiger partial charge in [-0.1, -0.05) is 18.2 Å². The lowest BCUT2D eigenvalue weighted by Crippen LogP contribution is -2.36. The van der Waals surface area contributed by atoms with Crippen LogP contribution in [0.4, 0.5) is 0 Å². The zero-order chi connectivity index (χ0) is 13.7. The third kappa shape index (κ3) is 4.05. The number of benzene rings is 1. The van der Waals surface area contributed by atoms with Crippen LogP contribution >= 0.6 is 0 Å². The van der Waals surface area contributed by atoms with Crippen molar-refractivity contribution in [3.63, 3.8) is 0 Å². The van der Waals surface area contributed by atoms with Crippen LogP contribution in [0, 0.1) is 17.2 Å². The normalized spacial score (nSPS) is 17.6. The van der Waals surface area contributed by atoms with E-state index in [1.807, 2.05) is 18.2 Å². The molecule has 0 unspecified atom stereocenters. The zero-order valence-corrected chi connectivity index (χ0v) is 12.0. The number of hydrogen-bond donors (Lipinski definition) is 0. The topological polar surface area (TPSA) is 30.3 Å². The van der Waals surface area contributed by atoms with Gasteiger partial charge in [0.1, 0.15) is 0 Å². The molecule has 1 aromatic rings. The van der Waals surface area contributed by atoms with Gasteiger partial charge in [0.05, 0.1) is 11.6 Å². The van der Waals surface area contributed by atoms with Crippen LogP contribution in [0.3, 0.4) is 0 Å². The molecule has 1 aromatic carbocycles. The molecule has 0 radical (unpaired) electrons. The van der Waals surface area contributed by atoms with Gasteiger partial charge in [0, 0.05) is 13.1 Å². The van der Waals surface area contributed by atoms with Crippen LogP contribution < -0.4 is 0 Å². The molecule has 3 heteroatoms. The summed E-state index contributed by atoms with van der Waals surface area (Å²) in [6.07, 6.45) is 2.54. The van der Waals surface area contributed by atoms with Crippen molar-refractivity contribution in [2.45, 2.75) is 19.4 Å². The van der Waals surface area contributed by atoms with Crippen molar-refractivity contribution >= 4 is 0 Å². The Balaban J connectivity index is 1.87. The maximum Gasteiger partial charge on any atom is 0.0995 e. The molecule has 1 aliphatic rings. The fraction of sp³-hybridized carbons (Fsp3) is 0.562. The van der Waals surface area contributed by atoms with Gasteiger partial charge in [-0.25, -0.2) is 0 Å². The summed E-state index contributed by atoms with van der Waals surface area (Å²) in [6.45, 7) is 4.41. The number of hydrogen-bond acceptors (Lipinski definition) is 3. The van der Waals surface area contributed by atoms with Crippen molar-refractivity contribution in [1.29, 1.82) is 5.26 Å². The van der Waals surface area contributed by atoms with E-state index in [2.05, 4.69) is 36.0 Å². The summed E-state index contributed by atoms with van der Waals surface area (Å²) < 4.78 is 0. The minimum absolute atomic E-state index is 0.818. The molecule has 1 saturated heterocycles. The van der Waals surface area contributed by atoms with Crippen molar-refractivity contribution in [1.82, 2.24) is 9.80 Å². The molecule has 102 valence electrons. The molecular formula is C16H23N3. The van der Waals surface area contributed by atoms with Gasteiger partial charge < -0.3 is 4.90 Å². The van der Waals surface area contributed by atoms with Crippen molar-refractivity contribution in [3.8, 4) is 6.07 Å². The number of likely N-dealkylation sites (tertiary alicyclic amines) is 1. The first-order chi connectivity index (χ1) is 9.19. The van der Waals surface area contributed by atoms with Crippen molar-refractivity contribution < 1.29 is 0 Å². The van der Waals surface area contributed by atoms with Gasteiger partial charge in [-0.3, -0.25) is 4.90 Å². The Bertz CT molecular complexity index is 440. The first-order valence-electron chi connectivity index (χ1n) is 7.04. The Morgan fingerprint density at radius 3 is 2.58 bits per heavy atom. The predicted octanol–water partition coefficient (Wildman–Crippen LogP) is 2.33. The molecule has 3 nitrogen and oxygen atoms in total. The quantitative estimate of drug-likeness (QED) is 0.829. The Labute approximate surface area is 116 Å². The van der Waals surface area contributed by atoms with Gasteiger partial charge in [-0.15, -0.1) is 0 Å². The number of nitriles is 1. The summed E-state index contributed by atoms with van der Waals surface area (Å²) in [7, 11) is 4.30. The minimum atomic E-state index is 0.818. The highest BCUT2D eigenvalue weighted by atomic mass is 15.1. The van der Waals surface area contributed by atoms with E-state index in [-0.39, 0.29) is 0 Å². The molecule has 2 rings (SSSR count). The van der Waals surface area contributed by atoms with E-state index < -0.39 is 0 Å². The minimum Gasteiger partial charge on any atom is -0.309 e. The molecule has 1 aliphatic heterocycles. The first kappa shape index (κ1) is 14.0. The molecule has 0 aliphatic carbocycles. The van der Waals surface area contributed by atoms with Crippen LogP contribution in [0.1, 0.15) is 24.0 Å². The second kappa shape index (κ2) is 6.70. The molecule has 0 atom stereocenters. The van der Waals surface area contributed by atoms with Gasteiger partial charge >= 0.3 is 0 Å². The van der Waals surface area contributed by atoms with Crippen LogP contribution in [0.5, 0.6) is 0 Å². The summed E-state index contributed by atoms with van der Waals surface area (Å²) in [6, 6.07) is 10.2. The van der Waals surface area contributed by atoms with Gasteiger partial charge in [-0.2, -0.15) is 5.26 Å². The molecule has 0 amide bonds. The maximum absolute atomic E-state index is 9.12. The fourth-order valence-electron chi connectivity index (χ4n) is 2.85. The molecule has 19 heavy (non-hydrogen) atoms. The van der Waals surface area contributed by atoms with E-state index >= 15 is 0 Å². The standard InChI is InChI=1S/C16H23N3/c1-18(2)12-14-7-9-19(10-8-14)13-16-6-4-3-5-15(16)11-17/h3-6,14H,7-10,12-13H2,1-2H3. The smallest absolute Gasteiger partial charge is 0.0995 e. The average Bonchev–Trinajstić information content (AvgIpc) is 2.41. The highest BCUT2D eigenvalue weighted by Gasteiger charge is 2.20. The van der Waals surface area contributed by atoms with E-state index in [1.54, 1.807) is 0 Å². The second-order valence-electron chi connectivity index (χ2n) is 5.75. The lowest BCUT2D eigenvalue weighted by molar-refractivity contribution is 0.157. The Kier molecular flexibility index (Phi) is 4.95. The third-order valence-corrected chi connectivity index (χ3v) is 3.86. The Morgan fingerprint density at radius 1 is 1.26 bits per heavy atom. The summed E-state index contributed by atoms with van der Waals surface area (Å²) in [4.78, 5) is 4.76. The molecule has 0 saturated carbocycles. The van der Waals surface area contributed by atoms with Crippen molar-refractivity contribution in [2.75, 3.05) is 33.7 Å². The first-order valence-corrected chi connectivity index (χ1v) is 7.04. The molecule has 1 fully saturated rings. The van der Waals surface area contributed by atoms with Crippen LogP contribution in [0.2, 0.25) is 0 Å². The lowest BCUT2D eigenvalue weighted by Gasteiger charge is -2.33. The predicted molar refractivity (Wildman–Crippen MR) is 77.7 cm³/mol. The van der Waals surface area contributed by atoms with Gasteiger partial charge in [0.2, 0.25) is 0 Å². The van der Waals surface area contributed by atoms with Gasteiger partial charge in [0.15, 0.2) is 0 Å². The summed E-state index contributed by atoms with van der Waals surface area (Å²) in [5, 5.41) is 9.12. The number of piperidine rings is 1. The maximum atomic E-state index is 9.12. The average molecular weight is 257 g/mol. The largest absolute Gasteiger partial charge is 0.309 e. The summed E-state index contributed by atoms with van der Waals surface area (Å²) in [5.74, 6) is 0.831. The third-order valence-electron chi connectivity index (χ3n) is 3.86. The van der Waals surface area contributed by atoms with Crippen LogP contribution in [0.15, 0.2) is 24.3 Å². The summed E-state index contributed by atoms with van der Waals surface area (Å²) in [5.41, 5.74) is 1.98.